The van der Waals surface area contributed by atoms with Crippen molar-refractivity contribution in [2.45, 2.75) is 5.16 Å². The van der Waals surface area contributed by atoms with Crippen LogP contribution in [0.2, 0.25) is 0 Å². The molecular weight excluding hydrogens is 425 g/mol. The minimum absolute atomic E-state index is 0.0672. The van der Waals surface area contributed by atoms with E-state index < -0.39 is 23.7 Å². The predicted octanol–water partition coefficient (Wildman–Crippen LogP) is 3.56. The van der Waals surface area contributed by atoms with Crippen LogP contribution >= 0.6 is 11.8 Å². The Labute approximate surface area is 181 Å². The van der Waals surface area contributed by atoms with Crippen LogP contribution in [0.25, 0.3) is 5.69 Å². The lowest BCUT2D eigenvalue weighted by molar-refractivity contribution is 0.0599. The van der Waals surface area contributed by atoms with Gasteiger partial charge in [0.25, 0.3) is 5.91 Å². The zero-order valence-electron chi connectivity index (χ0n) is 16.8. The highest BCUT2D eigenvalue weighted by atomic mass is 32.2. The summed E-state index contributed by atoms with van der Waals surface area (Å²) in [6.45, 7) is 0. The van der Waals surface area contributed by atoms with Crippen LogP contribution < -0.4 is 5.32 Å². The molecule has 3 rings (SSSR count). The minimum atomic E-state index is -0.678. The number of benzene rings is 2. The van der Waals surface area contributed by atoms with Crippen LogP contribution in [0.15, 0.2) is 53.8 Å². The van der Waals surface area contributed by atoms with Gasteiger partial charge >= 0.3 is 11.9 Å². The number of anilines is 1. The number of methoxy groups -OCH3 is 2. The number of aromatic nitrogens is 2. The number of rotatable bonds is 6. The lowest BCUT2D eigenvalue weighted by Crippen LogP contribution is -2.18. The van der Waals surface area contributed by atoms with Gasteiger partial charge in [0.05, 0.1) is 31.5 Å². The Hall–Kier alpha value is -3.66. The van der Waals surface area contributed by atoms with Crippen molar-refractivity contribution in [1.29, 1.82) is 0 Å². The lowest BCUT2D eigenvalue weighted by atomic mass is 10.1. The number of nitrogens with zero attached hydrogens (tertiary/aromatic N) is 2. The van der Waals surface area contributed by atoms with Crippen LogP contribution in [0, 0.1) is 5.82 Å². The molecule has 2 aromatic carbocycles. The fourth-order valence-electron chi connectivity index (χ4n) is 2.85. The van der Waals surface area contributed by atoms with Gasteiger partial charge in [-0.05, 0) is 48.7 Å². The molecule has 1 amide bonds. The highest BCUT2D eigenvalue weighted by molar-refractivity contribution is 7.98. The van der Waals surface area contributed by atoms with Gasteiger partial charge in [-0.15, -0.1) is 0 Å². The maximum atomic E-state index is 13.3. The van der Waals surface area contributed by atoms with Crippen molar-refractivity contribution in [1.82, 2.24) is 9.55 Å². The molecule has 8 nitrogen and oxygen atoms in total. The van der Waals surface area contributed by atoms with Crippen LogP contribution in [0.5, 0.6) is 0 Å². The molecule has 0 saturated heterocycles. The van der Waals surface area contributed by atoms with E-state index in [1.165, 1.54) is 74.6 Å². The number of nitrogens with one attached hydrogen (secondary N) is 1. The van der Waals surface area contributed by atoms with Crippen LogP contribution in [0.4, 0.5) is 10.1 Å². The summed E-state index contributed by atoms with van der Waals surface area (Å²) in [5.41, 5.74) is 1.05. The van der Waals surface area contributed by atoms with Crippen molar-refractivity contribution in [3.05, 3.63) is 71.3 Å². The van der Waals surface area contributed by atoms with Gasteiger partial charge in [0.15, 0.2) is 5.16 Å². The standard InChI is InChI=1S/C21H18FN3O5S/c1-29-19(27)12-8-13(20(28)30-2)10-15(9-12)24-18(26)17-11-23-21(31-3)25(17)16-6-4-14(22)5-7-16/h4-11H,1-3H3,(H,24,26). The topological polar surface area (TPSA) is 99.5 Å². The third-order valence-corrected chi connectivity index (χ3v) is 4.92. The van der Waals surface area contributed by atoms with Gasteiger partial charge in [-0.3, -0.25) is 9.36 Å². The van der Waals surface area contributed by atoms with Crippen molar-refractivity contribution >= 4 is 35.3 Å². The van der Waals surface area contributed by atoms with E-state index in [1.54, 1.807) is 10.8 Å². The van der Waals surface area contributed by atoms with E-state index >= 15 is 0 Å². The fourth-order valence-corrected chi connectivity index (χ4v) is 3.39. The molecule has 0 bridgehead atoms. The molecule has 0 atom stereocenters. The van der Waals surface area contributed by atoms with Crippen LogP contribution in [-0.2, 0) is 9.47 Å². The van der Waals surface area contributed by atoms with Crippen molar-refractivity contribution < 1.29 is 28.2 Å². The highest BCUT2D eigenvalue weighted by Crippen LogP contribution is 2.24. The van der Waals surface area contributed by atoms with Gasteiger partial charge in [-0.25, -0.2) is 19.0 Å². The van der Waals surface area contributed by atoms with Crippen LogP contribution in [-0.4, -0.2) is 47.9 Å². The molecule has 1 N–H and O–H groups in total. The van der Waals surface area contributed by atoms with E-state index in [2.05, 4.69) is 10.3 Å². The number of halogens is 1. The van der Waals surface area contributed by atoms with Gasteiger partial charge in [-0.1, -0.05) is 11.8 Å². The average molecular weight is 443 g/mol. The maximum absolute atomic E-state index is 13.3. The first-order valence-electron chi connectivity index (χ1n) is 8.88. The second-order valence-corrected chi connectivity index (χ2v) is 6.95. The first kappa shape index (κ1) is 22.0. The molecule has 0 aliphatic heterocycles. The molecule has 10 heteroatoms. The molecule has 1 aromatic heterocycles. The van der Waals surface area contributed by atoms with Gasteiger partial charge in [0.1, 0.15) is 11.5 Å². The maximum Gasteiger partial charge on any atom is 0.337 e. The summed E-state index contributed by atoms with van der Waals surface area (Å²) in [5.74, 6) is -2.31. The fraction of sp³-hybridized carbons (Fsp3) is 0.143. The number of hydrogen-bond donors (Lipinski definition) is 1. The zero-order valence-corrected chi connectivity index (χ0v) is 17.7. The lowest BCUT2D eigenvalue weighted by Gasteiger charge is -2.12. The molecule has 0 spiro atoms. The largest absolute Gasteiger partial charge is 0.465 e. The van der Waals surface area contributed by atoms with Gasteiger partial charge < -0.3 is 14.8 Å². The number of imidazole rings is 1. The minimum Gasteiger partial charge on any atom is -0.465 e. The Morgan fingerprint density at radius 3 is 2.10 bits per heavy atom. The number of amides is 1. The number of carbonyl (C=O) groups is 3. The second kappa shape index (κ2) is 9.43. The predicted molar refractivity (Wildman–Crippen MR) is 112 cm³/mol. The smallest absolute Gasteiger partial charge is 0.337 e. The average Bonchev–Trinajstić information content (AvgIpc) is 3.22. The molecule has 31 heavy (non-hydrogen) atoms. The second-order valence-electron chi connectivity index (χ2n) is 6.18. The normalized spacial score (nSPS) is 10.5. The van der Waals surface area contributed by atoms with E-state index in [4.69, 9.17) is 9.47 Å². The van der Waals surface area contributed by atoms with E-state index in [0.717, 1.165) is 0 Å². The number of ether oxygens (including phenoxy) is 2. The third kappa shape index (κ3) is 4.75. The van der Waals surface area contributed by atoms with Crippen molar-refractivity contribution in [2.24, 2.45) is 0 Å². The summed E-state index contributed by atoms with van der Waals surface area (Å²) >= 11 is 1.31. The van der Waals surface area contributed by atoms with E-state index in [0.29, 0.717) is 10.8 Å². The Bertz CT molecular complexity index is 1110. The number of carbonyl (C=O) groups excluding carboxylic acids is 3. The highest BCUT2D eigenvalue weighted by Gasteiger charge is 2.20. The van der Waals surface area contributed by atoms with Crippen molar-refractivity contribution in [2.75, 3.05) is 25.8 Å². The van der Waals surface area contributed by atoms with Crippen LogP contribution in [0.3, 0.4) is 0 Å². The van der Waals surface area contributed by atoms with Crippen molar-refractivity contribution in [3.8, 4) is 5.69 Å². The number of esters is 2. The van der Waals surface area contributed by atoms with Gasteiger partial charge in [0.2, 0.25) is 0 Å². The summed E-state index contributed by atoms with van der Waals surface area (Å²) in [4.78, 5) is 41.2. The third-order valence-electron chi connectivity index (χ3n) is 4.26. The number of hydrogen-bond acceptors (Lipinski definition) is 7. The molecule has 0 fully saturated rings. The molecule has 1 heterocycles. The molecule has 0 unspecified atom stereocenters. The Morgan fingerprint density at radius 1 is 1.00 bits per heavy atom. The van der Waals surface area contributed by atoms with Gasteiger partial charge in [-0.2, -0.15) is 0 Å². The molecule has 0 aliphatic rings. The molecule has 0 radical (unpaired) electrons. The Morgan fingerprint density at radius 2 is 1.58 bits per heavy atom. The van der Waals surface area contributed by atoms with E-state index in [9.17, 15) is 18.8 Å². The summed E-state index contributed by atoms with van der Waals surface area (Å²) in [6, 6.07) is 9.69. The van der Waals surface area contributed by atoms with Gasteiger partial charge in [0, 0.05) is 11.4 Å². The Balaban J connectivity index is 2.00. The van der Waals surface area contributed by atoms with Crippen molar-refractivity contribution in [3.63, 3.8) is 0 Å². The monoisotopic (exact) mass is 443 g/mol. The first-order valence-corrected chi connectivity index (χ1v) is 10.1. The zero-order chi connectivity index (χ0) is 22.5. The molecule has 0 aliphatic carbocycles. The summed E-state index contributed by atoms with van der Waals surface area (Å²) in [6.07, 6.45) is 3.18. The summed E-state index contributed by atoms with van der Waals surface area (Å²) in [5, 5.41) is 3.18. The Kier molecular flexibility index (Phi) is 6.71. The van der Waals surface area contributed by atoms with E-state index in [-0.39, 0.29) is 22.5 Å². The number of thioether (sulfide) groups is 1. The summed E-state index contributed by atoms with van der Waals surface area (Å²) in [7, 11) is 2.41. The first-order chi connectivity index (χ1) is 14.9. The molecule has 3 aromatic rings. The molecule has 0 saturated carbocycles. The molecule has 160 valence electrons. The van der Waals surface area contributed by atoms with Crippen LogP contribution in [0.1, 0.15) is 31.2 Å². The van der Waals surface area contributed by atoms with E-state index in [1.807, 2.05) is 0 Å². The summed E-state index contributed by atoms with van der Waals surface area (Å²) < 4.78 is 24.3. The SMILES string of the molecule is COC(=O)c1cc(NC(=O)c2cnc(SC)n2-c2ccc(F)cc2)cc(C(=O)OC)c1. The molecular formula is C21H18FN3O5S. The quantitative estimate of drug-likeness (QED) is 0.459.